The molecule has 0 fully saturated rings. The van der Waals surface area contributed by atoms with Gasteiger partial charge in [0.25, 0.3) is 0 Å². The zero-order valence-corrected chi connectivity index (χ0v) is 8.97. The van der Waals surface area contributed by atoms with Crippen molar-refractivity contribution in [3.63, 3.8) is 0 Å². The van der Waals surface area contributed by atoms with Crippen molar-refractivity contribution in [3.8, 4) is 11.5 Å². The molecule has 1 heterocycles. The normalized spacial score (nSPS) is 13.8. The molecule has 16 heavy (non-hydrogen) atoms. The number of fused-ring (bicyclic) bond motifs is 1. The number of ether oxygens (including phenoxy) is 2. The number of rotatable bonds is 3. The molecule has 2 rings (SSSR count). The Morgan fingerprint density at radius 2 is 2.06 bits per heavy atom. The Morgan fingerprint density at radius 3 is 2.88 bits per heavy atom. The highest BCUT2D eigenvalue weighted by atomic mass is 16.7. The van der Waals surface area contributed by atoms with Gasteiger partial charge < -0.3 is 9.47 Å². The SMILES string of the molecule is CC(=O)/C=C/C=C\c1ccc2c(c1)OCO2. The van der Waals surface area contributed by atoms with Crippen LogP contribution in [0.1, 0.15) is 12.5 Å². The lowest BCUT2D eigenvalue weighted by Gasteiger charge is -1.96. The maximum absolute atomic E-state index is 10.7. The Balaban J connectivity index is 2.08. The molecule has 0 bridgehead atoms. The van der Waals surface area contributed by atoms with E-state index in [9.17, 15) is 4.79 Å². The first-order valence-corrected chi connectivity index (χ1v) is 5.01. The minimum absolute atomic E-state index is 0.0373. The fourth-order valence-electron chi connectivity index (χ4n) is 1.37. The molecule has 1 aliphatic rings. The minimum Gasteiger partial charge on any atom is -0.454 e. The highest BCUT2D eigenvalue weighted by Crippen LogP contribution is 2.32. The van der Waals surface area contributed by atoms with E-state index in [1.54, 1.807) is 6.08 Å². The maximum atomic E-state index is 10.7. The summed E-state index contributed by atoms with van der Waals surface area (Å²) < 4.78 is 10.5. The third-order valence-corrected chi connectivity index (χ3v) is 2.13. The predicted molar refractivity (Wildman–Crippen MR) is 61.4 cm³/mol. The van der Waals surface area contributed by atoms with Crippen LogP contribution in [0.4, 0.5) is 0 Å². The molecule has 0 radical (unpaired) electrons. The molecule has 82 valence electrons. The molecule has 0 saturated heterocycles. The maximum Gasteiger partial charge on any atom is 0.231 e. The third-order valence-electron chi connectivity index (χ3n) is 2.13. The second-order valence-electron chi connectivity index (χ2n) is 3.44. The first-order valence-electron chi connectivity index (χ1n) is 5.01. The molecule has 0 atom stereocenters. The van der Waals surface area contributed by atoms with Gasteiger partial charge in [-0.1, -0.05) is 24.3 Å². The lowest BCUT2D eigenvalue weighted by Crippen LogP contribution is -1.92. The summed E-state index contributed by atoms with van der Waals surface area (Å²) in [6, 6.07) is 5.71. The van der Waals surface area contributed by atoms with Crippen molar-refractivity contribution >= 4 is 11.9 Å². The zero-order valence-electron chi connectivity index (χ0n) is 8.97. The van der Waals surface area contributed by atoms with Crippen molar-refractivity contribution in [2.45, 2.75) is 6.92 Å². The Morgan fingerprint density at radius 1 is 1.25 bits per heavy atom. The van der Waals surface area contributed by atoms with Gasteiger partial charge in [0.1, 0.15) is 0 Å². The van der Waals surface area contributed by atoms with Crippen molar-refractivity contribution in [1.29, 1.82) is 0 Å². The lowest BCUT2D eigenvalue weighted by molar-refractivity contribution is -0.112. The summed E-state index contributed by atoms with van der Waals surface area (Å²) in [6.45, 7) is 1.80. The molecule has 0 unspecified atom stereocenters. The largest absolute Gasteiger partial charge is 0.454 e. The first kappa shape index (κ1) is 10.5. The number of carbonyl (C=O) groups is 1. The zero-order chi connectivity index (χ0) is 11.4. The Kier molecular flexibility index (Phi) is 3.05. The molecule has 0 N–H and O–H groups in total. The molecular weight excluding hydrogens is 204 g/mol. The van der Waals surface area contributed by atoms with E-state index in [1.165, 1.54) is 13.0 Å². The molecule has 3 nitrogen and oxygen atoms in total. The Labute approximate surface area is 94.0 Å². The Bertz CT molecular complexity index is 458. The van der Waals surface area contributed by atoms with Crippen LogP contribution in [0.25, 0.3) is 6.08 Å². The molecular formula is C13H12O3. The second-order valence-corrected chi connectivity index (χ2v) is 3.44. The van der Waals surface area contributed by atoms with Crippen LogP contribution in [0.15, 0.2) is 36.4 Å². The van der Waals surface area contributed by atoms with E-state index in [2.05, 4.69) is 0 Å². The molecule has 0 saturated carbocycles. The number of allylic oxidation sites excluding steroid dienone is 3. The van der Waals surface area contributed by atoms with Gasteiger partial charge in [-0.2, -0.15) is 0 Å². The number of ketones is 1. The van der Waals surface area contributed by atoms with Crippen LogP contribution in [0, 0.1) is 0 Å². The van der Waals surface area contributed by atoms with Gasteiger partial charge in [-0.05, 0) is 30.7 Å². The standard InChI is InChI=1S/C13H12O3/c1-10(14)4-2-3-5-11-6-7-12-13(8-11)16-9-15-12/h2-8H,9H2,1H3/b4-2+,5-3-. The number of benzene rings is 1. The third kappa shape index (κ3) is 2.51. The van der Waals surface area contributed by atoms with Crippen LogP contribution in [-0.4, -0.2) is 12.6 Å². The molecule has 1 aromatic carbocycles. The van der Waals surface area contributed by atoms with Crippen LogP contribution in [0.2, 0.25) is 0 Å². The Hall–Kier alpha value is -2.03. The molecule has 0 spiro atoms. The molecule has 0 aliphatic carbocycles. The number of hydrogen-bond donors (Lipinski definition) is 0. The predicted octanol–water partition coefficient (Wildman–Crippen LogP) is 2.57. The molecule has 1 aliphatic heterocycles. The van der Waals surface area contributed by atoms with Crippen LogP contribution in [-0.2, 0) is 4.79 Å². The van der Waals surface area contributed by atoms with Crippen LogP contribution >= 0.6 is 0 Å². The van der Waals surface area contributed by atoms with E-state index in [4.69, 9.17) is 9.47 Å². The van der Waals surface area contributed by atoms with Gasteiger partial charge in [0, 0.05) is 0 Å². The van der Waals surface area contributed by atoms with E-state index in [-0.39, 0.29) is 12.6 Å². The van der Waals surface area contributed by atoms with E-state index >= 15 is 0 Å². The average Bonchev–Trinajstić information content (AvgIpc) is 2.71. The molecule has 0 amide bonds. The average molecular weight is 216 g/mol. The topological polar surface area (TPSA) is 35.5 Å². The van der Waals surface area contributed by atoms with Gasteiger partial charge in [0.15, 0.2) is 17.3 Å². The molecule has 3 heteroatoms. The van der Waals surface area contributed by atoms with Gasteiger partial charge in [0.2, 0.25) is 6.79 Å². The van der Waals surface area contributed by atoms with Crippen molar-refractivity contribution in [2.24, 2.45) is 0 Å². The highest BCUT2D eigenvalue weighted by molar-refractivity contribution is 5.87. The van der Waals surface area contributed by atoms with Crippen molar-refractivity contribution in [3.05, 3.63) is 42.0 Å². The first-order chi connectivity index (χ1) is 7.75. The smallest absolute Gasteiger partial charge is 0.231 e. The van der Waals surface area contributed by atoms with Gasteiger partial charge >= 0.3 is 0 Å². The van der Waals surface area contributed by atoms with E-state index in [0.717, 1.165) is 17.1 Å². The number of hydrogen-bond acceptors (Lipinski definition) is 3. The van der Waals surface area contributed by atoms with Gasteiger partial charge in [-0.3, -0.25) is 4.79 Å². The van der Waals surface area contributed by atoms with Gasteiger partial charge in [-0.15, -0.1) is 0 Å². The molecule has 1 aromatic rings. The van der Waals surface area contributed by atoms with Gasteiger partial charge in [0.05, 0.1) is 0 Å². The summed E-state index contributed by atoms with van der Waals surface area (Å²) in [7, 11) is 0. The summed E-state index contributed by atoms with van der Waals surface area (Å²) in [5, 5.41) is 0. The van der Waals surface area contributed by atoms with E-state index in [1.807, 2.05) is 30.4 Å². The van der Waals surface area contributed by atoms with Crippen LogP contribution < -0.4 is 9.47 Å². The van der Waals surface area contributed by atoms with Crippen LogP contribution in [0.3, 0.4) is 0 Å². The van der Waals surface area contributed by atoms with Crippen molar-refractivity contribution in [1.82, 2.24) is 0 Å². The fourth-order valence-corrected chi connectivity index (χ4v) is 1.37. The molecule has 0 aromatic heterocycles. The summed E-state index contributed by atoms with van der Waals surface area (Å²) in [5.41, 5.74) is 1.01. The minimum atomic E-state index is 0.0373. The van der Waals surface area contributed by atoms with Crippen molar-refractivity contribution in [2.75, 3.05) is 6.79 Å². The highest BCUT2D eigenvalue weighted by Gasteiger charge is 2.11. The van der Waals surface area contributed by atoms with E-state index < -0.39 is 0 Å². The summed E-state index contributed by atoms with van der Waals surface area (Å²) >= 11 is 0. The second kappa shape index (κ2) is 4.66. The lowest BCUT2D eigenvalue weighted by atomic mass is 10.2. The number of carbonyl (C=O) groups excluding carboxylic acids is 1. The summed E-state index contributed by atoms with van der Waals surface area (Å²) in [4.78, 5) is 10.7. The van der Waals surface area contributed by atoms with Crippen molar-refractivity contribution < 1.29 is 14.3 Å². The quantitative estimate of drug-likeness (QED) is 0.575. The van der Waals surface area contributed by atoms with Crippen LogP contribution in [0.5, 0.6) is 11.5 Å². The summed E-state index contributed by atoms with van der Waals surface area (Å²) in [6.07, 6.45) is 6.96. The monoisotopic (exact) mass is 216 g/mol. The fraction of sp³-hybridized carbons (Fsp3) is 0.154. The van der Waals surface area contributed by atoms with Gasteiger partial charge in [-0.25, -0.2) is 0 Å². The summed E-state index contributed by atoms with van der Waals surface area (Å²) in [5.74, 6) is 1.57. The van der Waals surface area contributed by atoms with E-state index in [0.29, 0.717) is 0 Å².